The fourth-order valence-electron chi connectivity index (χ4n) is 1.79. The highest BCUT2D eigenvalue weighted by atomic mass is 35.5. The molecule has 4 nitrogen and oxygen atoms in total. The fourth-order valence-corrected chi connectivity index (χ4v) is 2.84. The Morgan fingerprint density at radius 2 is 1.95 bits per heavy atom. The molecular weight excluding hydrogens is 327 g/mol. The van der Waals surface area contributed by atoms with Crippen LogP contribution >= 0.6 is 22.9 Å². The van der Waals surface area contributed by atoms with Gasteiger partial charge in [-0.05, 0) is 44.2 Å². The monoisotopic (exact) mass is 340 g/mol. The Bertz CT molecular complexity index is 717. The molecule has 116 valence electrons. The summed E-state index contributed by atoms with van der Waals surface area (Å²) in [5.41, 5.74) is 0.0569. The van der Waals surface area contributed by atoms with Crippen molar-refractivity contribution in [2.45, 2.75) is 19.9 Å². The Kier molecular flexibility index (Phi) is 5.15. The number of aryl methyl sites for hydroxylation is 1. The summed E-state index contributed by atoms with van der Waals surface area (Å²) in [5.74, 6) is -2.26. The first-order valence-corrected chi connectivity index (χ1v) is 7.69. The van der Waals surface area contributed by atoms with Crippen molar-refractivity contribution in [1.82, 2.24) is 5.32 Å². The van der Waals surface area contributed by atoms with Crippen molar-refractivity contribution in [3.63, 3.8) is 0 Å². The molecule has 2 aromatic rings. The molecule has 7 heteroatoms. The molecule has 0 aliphatic carbocycles. The molecule has 1 heterocycles. The average Bonchev–Trinajstić information content (AvgIpc) is 2.89. The Balaban J connectivity index is 2.00. The van der Waals surface area contributed by atoms with Crippen molar-refractivity contribution in [2.24, 2.45) is 0 Å². The van der Waals surface area contributed by atoms with E-state index in [9.17, 15) is 14.0 Å². The SMILES string of the molecule is Cc1ccc([C@H](C)NC(=O)C(=O)Nc2cc(F)ccc2Cl)s1. The average molecular weight is 341 g/mol. The molecule has 0 spiro atoms. The summed E-state index contributed by atoms with van der Waals surface area (Å²) >= 11 is 7.38. The van der Waals surface area contributed by atoms with E-state index in [4.69, 9.17) is 11.6 Å². The van der Waals surface area contributed by atoms with Gasteiger partial charge in [-0.25, -0.2) is 4.39 Å². The zero-order valence-corrected chi connectivity index (χ0v) is 13.5. The van der Waals surface area contributed by atoms with Gasteiger partial charge in [-0.3, -0.25) is 9.59 Å². The van der Waals surface area contributed by atoms with Gasteiger partial charge in [-0.2, -0.15) is 0 Å². The van der Waals surface area contributed by atoms with E-state index in [-0.39, 0.29) is 16.8 Å². The first kappa shape index (κ1) is 16.5. The van der Waals surface area contributed by atoms with E-state index in [0.29, 0.717) is 0 Å². The number of anilines is 1. The largest absolute Gasteiger partial charge is 0.340 e. The maximum Gasteiger partial charge on any atom is 0.313 e. The number of carbonyl (C=O) groups is 2. The van der Waals surface area contributed by atoms with Gasteiger partial charge in [0.2, 0.25) is 0 Å². The van der Waals surface area contributed by atoms with Crippen LogP contribution in [0.15, 0.2) is 30.3 Å². The van der Waals surface area contributed by atoms with Crippen LogP contribution in [-0.2, 0) is 9.59 Å². The number of hydrogen-bond donors (Lipinski definition) is 2. The predicted octanol–water partition coefficient (Wildman–Crippen LogP) is 3.66. The lowest BCUT2D eigenvalue weighted by Gasteiger charge is -2.12. The Morgan fingerprint density at radius 1 is 1.23 bits per heavy atom. The molecule has 2 amide bonds. The summed E-state index contributed by atoms with van der Waals surface area (Å²) in [6, 6.07) is 7.07. The van der Waals surface area contributed by atoms with Crippen LogP contribution in [0.2, 0.25) is 5.02 Å². The van der Waals surface area contributed by atoms with Gasteiger partial charge in [-0.15, -0.1) is 11.3 Å². The first-order valence-electron chi connectivity index (χ1n) is 6.50. The molecule has 0 bridgehead atoms. The second-order valence-electron chi connectivity index (χ2n) is 4.72. The third-order valence-corrected chi connectivity index (χ3v) is 4.43. The van der Waals surface area contributed by atoms with Gasteiger partial charge in [0.25, 0.3) is 0 Å². The maximum atomic E-state index is 13.1. The predicted molar refractivity (Wildman–Crippen MR) is 85.7 cm³/mol. The Morgan fingerprint density at radius 3 is 2.59 bits per heavy atom. The lowest BCUT2D eigenvalue weighted by atomic mass is 10.2. The molecule has 0 aliphatic rings. The van der Waals surface area contributed by atoms with E-state index >= 15 is 0 Å². The number of nitrogens with one attached hydrogen (secondary N) is 2. The van der Waals surface area contributed by atoms with Gasteiger partial charge < -0.3 is 10.6 Å². The van der Waals surface area contributed by atoms with Crippen LogP contribution in [0.4, 0.5) is 10.1 Å². The number of hydrogen-bond acceptors (Lipinski definition) is 3. The summed E-state index contributed by atoms with van der Waals surface area (Å²) in [4.78, 5) is 25.8. The summed E-state index contributed by atoms with van der Waals surface area (Å²) in [6.07, 6.45) is 0. The summed E-state index contributed by atoms with van der Waals surface area (Å²) < 4.78 is 13.1. The molecule has 1 atom stereocenters. The van der Waals surface area contributed by atoms with Crippen molar-refractivity contribution in [3.8, 4) is 0 Å². The second kappa shape index (κ2) is 6.89. The Labute approximate surface area is 136 Å². The van der Waals surface area contributed by atoms with E-state index in [1.165, 1.54) is 12.1 Å². The second-order valence-corrected chi connectivity index (χ2v) is 6.45. The number of thiophene rings is 1. The van der Waals surface area contributed by atoms with Crippen LogP contribution in [0.5, 0.6) is 0 Å². The number of carbonyl (C=O) groups excluding carboxylic acids is 2. The molecule has 0 saturated carbocycles. The normalized spacial score (nSPS) is 11.8. The molecule has 0 aliphatic heterocycles. The number of amides is 2. The highest BCUT2D eigenvalue weighted by Gasteiger charge is 2.19. The molecule has 1 aromatic heterocycles. The first-order chi connectivity index (χ1) is 10.4. The third kappa shape index (κ3) is 4.05. The smallest absolute Gasteiger partial charge is 0.313 e. The molecule has 2 N–H and O–H groups in total. The third-order valence-electron chi connectivity index (χ3n) is 2.92. The van der Waals surface area contributed by atoms with Crippen molar-refractivity contribution in [2.75, 3.05) is 5.32 Å². The van der Waals surface area contributed by atoms with Gasteiger partial charge >= 0.3 is 11.8 Å². The standard InChI is InChI=1S/C15H14ClFN2O2S/c1-8-3-6-13(22-8)9(2)18-14(20)15(21)19-12-7-10(17)4-5-11(12)16/h3-7,9H,1-2H3,(H,18,20)(H,19,21)/t9-/m0/s1. The van der Waals surface area contributed by atoms with Crippen LogP contribution in [0.25, 0.3) is 0 Å². The maximum absolute atomic E-state index is 13.1. The lowest BCUT2D eigenvalue weighted by Crippen LogP contribution is -2.36. The zero-order chi connectivity index (χ0) is 16.3. The number of benzene rings is 1. The molecular formula is C15H14ClFN2O2S. The molecule has 0 unspecified atom stereocenters. The van der Waals surface area contributed by atoms with Crippen LogP contribution < -0.4 is 10.6 Å². The molecule has 0 saturated heterocycles. The zero-order valence-electron chi connectivity index (χ0n) is 11.9. The van der Waals surface area contributed by atoms with Crippen LogP contribution in [0, 0.1) is 12.7 Å². The highest BCUT2D eigenvalue weighted by Crippen LogP contribution is 2.23. The van der Waals surface area contributed by atoms with Crippen molar-refractivity contribution < 1.29 is 14.0 Å². The number of rotatable bonds is 3. The lowest BCUT2D eigenvalue weighted by molar-refractivity contribution is -0.136. The van der Waals surface area contributed by atoms with Gasteiger partial charge in [0.15, 0.2) is 0 Å². The topological polar surface area (TPSA) is 58.2 Å². The molecule has 0 fully saturated rings. The highest BCUT2D eigenvalue weighted by molar-refractivity contribution is 7.12. The van der Waals surface area contributed by atoms with E-state index in [1.54, 1.807) is 18.3 Å². The molecule has 1 aromatic carbocycles. The minimum absolute atomic E-state index is 0.0569. The van der Waals surface area contributed by atoms with Crippen molar-refractivity contribution in [1.29, 1.82) is 0 Å². The van der Waals surface area contributed by atoms with E-state index < -0.39 is 17.6 Å². The van der Waals surface area contributed by atoms with Crippen LogP contribution in [0.3, 0.4) is 0 Å². The van der Waals surface area contributed by atoms with Gasteiger partial charge in [0.1, 0.15) is 5.82 Å². The minimum Gasteiger partial charge on any atom is -0.340 e. The summed E-state index contributed by atoms with van der Waals surface area (Å²) in [7, 11) is 0. The van der Waals surface area contributed by atoms with Crippen molar-refractivity contribution in [3.05, 3.63) is 50.9 Å². The quantitative estimate of drug-likeness (QED) is 0.838. The van der Waals surface area contributed by atoms with Crippen LogP contribution in [0.1, 0.15) is 22.7 Å². The summed E-state index contributed by atoms with van der Waals surface area (Å²) in [5, 5.41) is 5.04. The van der Waals surface area contributed by atoms with E-state index in [0.717, 1.165) is 15.8 Å². The minimum atomic E-state index is -0.896. The fraction of sp³-hybridized carbons (Fsp3) is 0.200. The van der Waals surface area contributed by atoms with Gasteiger partial charge in [0, 0.05) is 9.75 Å². The van der Waals surface area contributed by atoms with Crippen LogP contribution in [-0.4, -0.2) is 11.8 Å². The van der Waals surface area contributed by atoms with E-state index in [2.05, 4.69) is 10.6 Å². The Hall–Kier alpha value is -1.92. The van der Waals surface area contributed by atoms with E-state index in [1.807, 2.05) is 19.1 Å². The van der Waals surface area contributed by atoms with Gasteiger partial charge in [0.05, 0.1) is 16.8 Å². The molecule has 2 rings (SSSR count). The number of halogens is 2. The molecule has 0 radical (unpaired) electrons. The van der Waals surface area contributed by atoms with Gasteiger partial charge in [-0.1, -0.05) is 11.6 Å². The molecule has 22 heavy (non-hydrogen) atoms. The van der Waals surface area contributed by atoms with Crippen molar-refractivity contribution >= 4 is 40.4 Å². The summed E-state index contributed by atoms with van der Waals surface area (Å²) in [6.45, 7) is 3.74.